The summed E-state index contributed by atoms with van der Waals surface area (Å²) in [7, 11) is -1.13. The van der Waals surface area contributed by atoms with Crippen LogP contribution >= 0.6 is 0 Å². The minimum atomic E-state index is -5.01. The molecule has 0 saturated carbocycles. The van der Waals surface area contributed by atoms with Gasteiger partial charge in [0.15, 0.2) is 0 Å². The number of alkyl halides is 3. The van der Waals surface area contributed by atoms with Crippen molar-refractivity contribution in [2.45, 2.75) is 17.5 Å². The van der Waals surface area contributed by atoms with Crippen LogP contribution in [-0.2, 0) is 21.1 Å². The summed E-state index contributed by atoms with van der Waals surface area (Å²) in [5, 5.41) is 14.8. The quantitative estimate of drug-likeness (QED) is 0.370. The third-order valence-electron chi connectivity index (χ3n) is 4.27. The zero-order valence-corrected chi connectivity index (χ0v) is 15.7. The van der Waals surface area contributed by atoms with E-state index in [0.29, 0.717) is 11.0 Å². The van der Waals surface area contributed by atoms with Crippen LogP contribution in [0.2, 0.25) is 0 Å². The van der Waals surface area contributed by atoms with Gasteiger partial charge in [-0.25, -0.2) is 0 Å². The predicted octanol–water partition coefficient (Wildman–Crippen LogP) is -0.376. The Balaban J connectivity index is 2.79. The molecule has 1 aromatic carbocycles. The molecule has 1 aromatic rings. The average Bonchev–Trinajstić information content (AvgIpc) is 2.88. The minimum Gasteiger partial charge on any atom is -0.283 e. The van der Waals surface area contributed by atoms with E-state index in [1.54, 1.807) is 0 Å². The third kappa shape index (κ3) is 3.32. The van der Waals surface area contributed by atoms with Crippen LogP contribution in [0.25, 0.3) is 0 Å². The molecule has 0 radical (unpaired) electrons. The summed E-state index contributed by atoms with van der Waals surface area (Å²) >= 11 is 0. The maximum atomic E-state index is 13.3. The van der Waals surface area contributed by atoms with E-state index in [-0.39, 0.29) is 0 Å². The number of nitriles is 1. The van der Waals surface area contributed by atoms with Crippen molar-refractivity contribution in [1.29, 1.82) is 5.26 Å². The second-order valence-corrected chi connectivity index (χ2v) is 7.11. The van der Waals surface area contributed by atoms with E-state index in [2.05, 4.69) is 16.1 Å². The number of likely N-dealkylation sites (N-methyl/N-ethyl adjacent to an activating group) is 2. The molecular formula is C14H17F3N6O4S. The first kappa shape index (κ1) is 22.0. The summed E-state index contributed by atoms with van der Waals surface area (Å²) in [5.74, 6) is -2.91. The Labute approximate surface area is 158 Å². The monoisotopic (exact) mass is 422 g/mol. The number of hydrogen-bond donors (Lipinski definition) is 4. The van der Waals surface area contributed by atoms with Crippen molar-refractivity contribution in [1.82, 2.24) is 21.1 Å². The number of carbonyl (C=O) groups excluding carboxylic acids is 1. The van der Waals surface area contributed by atoms with Crippen LogP contribution in [0.4, 0.5) is 18.9 Å². The number of hydrazine groups is 1. The molecule has 1 amide bonds. The van der Waals surface area contributed by atoms with E-state index in [1.807, 2.05) is 0 Å². The van der Waals surface area contributed by atoms with Gasteiger partial charge in [0.1, 0.15) is 0 Å². The van der Waals surface area contributed by atoms with E-state index in [1.165, 1.54) is 27.2 Å². The van der Waals surface area contributed by atoms with Crippen molar-refractivity contribution < 1.29 is 30.9 Å². The lowest BCUT2D eigenvalue weighted by atomic mass is 10.1. The molecule has 0 aromatic heterocycles. The summed E-state index contributed by atoms with van der Waals surface area (Å²) in [5.41, 5.74) is -2.19. The molecule has 154 valence electrons. The highest BCUT2D eigenvalue weighted by Gasteiger charge is 2.61. The van der Waals surface area contributed by atoms with E-state index >= 15 is 0 Å². The van der Waals surface area contributed by atoms with Crippen LogP contribution in [0.3, 0.4) is 0 Å². The van der Waals surface area contributed by atoms with Gasteiger partial charge in [-0.3, -0.25) is 30.3 Å². The Bertz CT molecular complexity index is 926. The van der Waals surface area contributed by atoms with Crippen LogP contribution in [0, 0.1) is 11.3 Å². The number of benzene rings is 1. The van der Waals surface area contributed by atoms with E-state index < -0.39 is 50.3 Å². The van der Waals surface area contributed by atoms with Crippen LogP contribution in [0.15, 0.2) is 18.2 Å². The number of amides is 1. The molecule has 1 aliphatic heterocycles. The van der Waals surface area contributed by atoms with Crippen LogP contribution < -0.4 is 21.0 Å². The number of nitrogens with zero attached hydrogens (tertiary/aromatic N) is 3. The van der Waals surface area contributed by atoms with Crippen molar-refractivity contribution in [3.8, 4) is 6.07 Å². The Morgan fingerprint density at radius 1 is 1.25 bits per heavy atom. The molecule has 1 heterocycles. The van der Waals surface area contributed by atoms with Gasteiger partial charge in [-0.15, -0.1) is 0 Å². The zero-order chi connectivity index (χ0) is 21.5. The number of hydrogen-bond acceptors (Lipinski definition) is 8. The first-order valence-electron chi connectivity index (χ1n) is 7.65. The first-order valence-corrected chi connectivity index (χ1v) is 9.15. The topological polar surface area (TPSA) is 138 Å². The van der Waals surface area contributed by atoms with Gasteiger partial charge in [0.25, 0.3) is 5.91 Å². The van der Waals surface area contributed by atoms with Crippen molar-refractivity contribution >= 4 is 21.7 Å². The number of carbonyl (C=O) groups is 1. The molecule has 28 heavy (non-hydrogen) atoms. The Hall–Kier alpha value is -2.28. The van der Waals surface area contributed by atoms with Crippen LogP contribution in [0.5, 0.6) is 0 Å². The maximum Gasteiger partial charge on any atom is 0.417 e. The van der Waals surface area contributed by atoms with Gasteiger partial charge in [-0.1, -0.05) is 0 Å². The lowest BCUT2D eigenvalue weighted by Gasteiger charge is -2.35. The fourth-order valence-electron chi connectivity index (χ4n) is 3.04. The fourth-order valence-corrected chi connectivity index (χ4v) is 4.06. The average molecular weight is 422 g/mol. The Kier molecular flexibility index (Phi) is 5.72. The molecule has 0 aliphatic carbocycles. The maximum absolute atomic E-state index is 13.3. The number of halogens is 3. The van der Waals surface area contributed by atoms with E-state index in [9.17, 15) is 30.9 Å². The highest BCUT2D eigenvalue weighted by Crippen LogP contribution is 2.38. The Morgan fingerprint density at radius 2 is 1.82 bits per heavy atom. The minimum absolute atomic E-state index is 0.476. The van der Waals surface area contributed by atoms with Gasteiger partial charge >= 0.3 is 16.3 Å². The van der Waals surface area contributed by atoms with Crippen LogP contribution in [0.1, 0.15) is 11.1 Å². The molecule has 14 heteroatoms. The summed E-state index contributed by atoms with van der Waals surface area (Å²) < 4.78 is 73.6. The van der Waals surface area contributed by atoms with Gasteiger partial charge in [0.05, 0.1) is 17.2 Å². The molecule has 0 bridgehead atoms. The van der Waals surface area contributed by atoms with E-state index in [4.69, 9.17) is 5.26 Å². The van der Waals surface area contributed by atoms with Crippen molar-refractivity contribution in [2.24, 2.45) is 0 Å². The molecule has 1 saturated heterocycles. The normalized spacial score (nSPS) is 20.4. The predicted molar refractivity (Wildman–Crippen MR) is 90.7 cm³/mol. The molecule has 0 spiro atoms. The second kappa shape index (κ2) is 7.28. The molecule has 1 atom stereocenters. The standard InChI is InChI=1S/C14H17F3N6O4S/c1-19-14(20-2)11(24)22(12(23(14)21-3)28(25,26)27)9-5-4-8(7-18)10(6-9)13(15,16)17/h4-6,12,19-21H,1-3H3,(H,25,26,27). The lowest BCUT2D eigenvalue weighted by molar-refractivity contribution is -0.137. The summed E-state index contributed by atoms with van der Waals surface area (Å²) in [6, 6.07) is 3.67. The summed E-state index contributed by atoms with van der Waals surface area (Å²) in [4.78, 5) is 13.5. The molecule has 4 N–H and O–H groups in total. The van der Waals surface area contributed by atoms with E-state index in [0.717, 1.165) is 17.1 Å². The smallest absolute Gasteiger partial charge is 0.283 e. The Morgan fingerprint density at radius 3 is 2.21 bits per heavy atom. The molecule has 2 rings (SSSR count). The SMILES string of the molecule is CNN1C(S(=O)(=O)O)N(c2ccc(C#N)c(C(F)(F)F)c2)C(=O)C1(NC)NC. The fraction of sp³-hybridized carbons (Fsp3) is 0.429. The molecular weight excluding hydrogens is 405 g/mol. The lowest BCUT2D eigenvalue weighted by Crippen LogP contribution is -2.70. The highest BCUT2D eigenvalue weighted by molar-refractivity contribution is 7.86. The number of nitrogens with one attached hydrogen (secondary N) is 3. The van der Waals surface area contributed by atoms with Crippen molar-refractivity contribution in [2.75, 3.05) is 26.0 Å². The third-order valence-corrected chi connectivity index (χ3v) is 5.22. The van der Waals surface area contributed by atoms with Gasteiger partial charge in [0, 0.05) is 5.69 Å². The summed E-state index contributed by atoms with van der Waals surface area (Å²) in [6.45, 7) is 0. The van der Waals surface area contributed by atoms with Crippen LogP contribution in [-0.4, -0.2) is 56.3 Å². The number of rotatable bonds is 5. The largest absolute Gasteiger partial charge is 0.417 e. The molecule has 10 nitrogen and oxygen atoms in total. The first-order chi connectivity index (χ1) is 12.9. The molecule has 1 fully saturated rings. The number of anilines is 1. The molecule has 1 unspecified atom stereocenters. The van der Waals surface area contributed by atoms with Gasteiger partial charge in [-0.05, 0) is 39.3 Å². The highest BCUT2D eigenvalue weighted by atomic mass is 32.2. The van der Waals surface area contributed by atoms with Crippen molar-refractivity contribution in [3.05, 3.63) is 29.3 Å². The van der Waals surface area contributed by atoms with Crippen molar-refractivity contribution in [3.63, 3.8) is 0 Å². The van der Waals surface area contributed by atoms with Gasteiger partial charge in [-0.2, -0.15) is 31.9 Å². The van der Waals surface area contributed by atoms with Gasteiger partial charge < -0.3 is 0 Å². The van der Waals surface area contributed by atoms with Gasteiger partial charge in [0.2, 0.25) is 11.3 Å². The zero-order valence-electron chi connectivity index (χ0n) is 14.9. The summed E-state index contributed by atoms with van der Waals surface area (Å²) in [6.07, 6.45) is -4.93. The molecule has 1 aliphatic rings. The second-order valence-electron chi connectivity index (χ2n) is 5.66.